The van der Waals surface area contributed by atoms with Crippen LogP contribution < -0.4 is 4.90 Å². The third-order valence-corrected chi connectivity index (χ3v) is 6.83. The van der Waals surface area contributed by atoms with Gasteiger partial charge in [0, 0.05) is 32.2 Å². The van der Waals surface area contributed by atoms with Crippen LogP contribution in [0, 0.1) is 17.0 Å². The molecule has 150 valence electrons. The van der Waals surface area contributed by atoms with E-state index < -0.39 is 14.8 Å². The molecule has 1 saturated heterocycles. The molecule has 28 heavy (non-hydrogen) atoms. The summed E-state index contributed by atoms with van der Waals surface area (Å²) in [5.41, 5.74) is 2.03. The summed E-state index contributed by atoms with van der Waals surface area (Å²) >= 11 is 0. The predicted molar refractivity (Wildman–Crippen MR) is 109 cm³/mol. The maximum atomic E-state index is 12.8. The van der Waals surface area contributed by atoms with Crippen molar-refractivity contribution in [2.24, 2.45) is 0 Å². The number of rotatable bonds is 6. The molecule has 0 saturated carbocycles. The van der Waals surface area contributed by atoms with Crippen LogP contribution in [0.3, 0.4) is 0 Å². The highest BCUT2D eigenvalue weighted by Crippen LogP contribution is 2.32. The number of piperazine rings is 1. The number of anilines is 1. The Morgan fingerprint density at radius 2 is 1.68 bits per heavy atom. The highest BCUT2D eigenvalue weighted by molar-refractivity contribution is 7.90. The quantitative estimate of drug-likeness (QED) is 0.545. The van der Waals surface area contributed by atoms with Gasteiger partial charge in [-0.05, 0) is 31.2 Å². The highest BCUT2D eigenvalue weighted by Gasteiger charge is 2.26. The summed E-state index contributed by atoms with van der Waals surface area (Å²) in [5, 5.41) is 11.6. The maximum absolute atomic E-state index is 12.8. The molecule has 0 aromatic heterocycles. The Kier molecular flexibility index (Phi) is 6.00. The van der Waals surface area contributed by atoms with Crippen LogP contribution in [0.4, 0.5) is 11.4 Å². The van der Waals surface area contributed by atoms with Gasteiger partial charge in [0.25, 0.3) is 5.69 Å². The lowest BCUT2D eigenvalue weighted by molar-refractivity contribution is -0.384. The van der Waals surface area contributed by atoms with E-state index in [0.29, 0.717) is 24.3 Å². The average molecular weight is 404 g/mol. The number of nitro benzene ring substituents is 1. The number of hydrogen-bond donors (Lipinski definition) is 0. The highest BCUT2D eigenvalue weighted by atomic mass is 32.2. The van der Waals surface area contributed by atoms with Gasteiger partial charge in [-0.3, -0.25) is 10.1 Å². The minimum Gasteiger partial charge on any atom is -0.363 e. The van der Waals surface area contributed by atoms with Crippen LogP contribution in [-0.4, -0.2) is 51.0 Å². The molecule has 0 spiro atoms. The van der Waals surface area contributed by atoms with Gasteiger partial charge in [-0.15, -0.1) is 0 Å². The number of sulfone groups is 1. The van der Waals surface area contributed by atoms with Gasteiger partial charge < -0.3 is 9.80 Å². The van der Waals surface area contributed by atoms with E-state index in [1.165, 1.54) is 12.1 Å². The summed E-state index contributed by atoms with van der Waals surface area (Å²) < 4.78 is 25.6. The second-order valence-corrected chi connectivity index (χ2v) is 9.06. The lowest BCUT2D eigenvalue weighted by atomic mass is 10.2. The monoisotopic (exact) mass is 403 g/mol. The van der Waals surface area contributed by atoms with Crippen molar-refractivity contribution in [2.45, 2.75) is 24.5 Å². The van der Waals surface area contributed by atoms with Gasteiger partial charge in [0.05, 0.1) is 15.6 Å². The van der Waals surface area contributed by atoms with Crippen molar-refractivity contribution in [3.8, 4) is 0 Å². The van der Waals surface area contributed by atoms with Crippen LogP contribution in [0.2, 0.25) is 0 Å². The van der Waals surface area contributed by atoms with E-state index in [4.69, 9.17) is 0 Å². The first kappa shape index (κ1) is 20.3. The molecule has 0 unspecified atom stereocenters. The van der Waals surface area contributed by atoms with E-state index in [9.17, 15) is 18.5 Å². The van der Waals surface area contributed by atoms with E-state index >= 15 is 0 Å². The molecule has 1 aliphatic rings. The Balaban J connectivity index is 1.87. The minimum absolute atomic E-state index is 0.0179. The Bertz CT molecular complexity index is 950. The molecule has 0 N–H and O–H groups in total. The number of benzene rings is 2. The first-order chi connectivity index (χ1) is 13.3. The van der Waals surface area contributed by atoms with E-state index in [0.717, 1.165) is 25.2 Å². The van der Waals surface area contributed by atoms with Gasteiger partial charge in [0.1, 0.15) is 5.69 Å². The largest absolute Gasteiger partial charge is 0.363 e. The van der Waals surface area contributed by atoms with E-state index in [1.807, 2.05) is 24.0 Å². The predicted octanol–water partition coefficient (Wildman–Crippen LogP) is 3.02. The van der Waals surface area contributed by atoms with Gasteiger partial charge in [-0.25, -0.2) is 8.42 Å². The number of aryl methyl sites for hydroxylation is 1. The second-order valence-electron chi connectivity index (χ2n) is 7.07. The van der Waals surface area contributed by atoms with Crippen LogP contribution in [0.15, 0.2) is 47.4 Å². The minimum atomic E-state index is -3.67. The van der Waals surface area contributed by atoms with Gasteiger partial charge in [-0.2, -0.15) is 0 Å². The van der Waals surface area contributed by atoms with E-state index in [-0.39, 0.29) is 16.3 Å². The fourth-order valence-corrected chi connectivity index (χ4v) is 4.77. The second kappa shape index (κ2) is 8.28. The summed E-state index contributed by atoms with van der Waals surface area (Å²) in [6.45, 7) is 8.01. The third-order valence-electron chi connectivity index (χ3n) is 5.14. The molecule has 2 aromatic rings. The molecule has 8 heteroatoms. The summed E-state index contributed by atoms with van der Waals surface area (Å²) in [5.74, 6) is -0.182. The molecule has 1 heterocycles. The van der Waals surface area contributed by atoms with Crippen molar-refractivity contribution < 1.29 is 13.3 Å². The molecule has 0 bridgehead atoms. The van der Waals surface area contributed by atoms with E-state index in [1.54, 1.807) is 18.2 Å². The first-order valence-corrected chi connectivity index (χ1v) is 11.0. The van der Waals surface area contributed by atoms with Crippen molar-refractivity contribution in [3.05, 3.63) is 63.7 Å². The molecule has 0 amide bonds. The lowest BCUT2D eigenvalue weighted by Crippen LogP contribution is -2.46. The molecule has 1 fully saturated rings. The number of likely N-dealkylation sites (N-methyl/N-ethyl adjacent to an activating group) is 1. The van der Waals surface area contributed by atoms with Gasteiger partial charge >= 0.3 is 0 Å². The Hall–Kier alpha value is -2.45. The van der Waals surface area contributed by atoms with Crippen molar-refractivity contribution >= 4 is 21.2 Å². The van der Waals surface area contributed by atoms with Crippen LogP contribution in [0.25, 0.3) is 0 Å². The zero-order chi connectivity index (χ0) is 20.3. The Morgan fingerprint density at radius 1 is 1.04 bits per heavy atom. The van der Waals surface area contributed by atoms with Crippen LogP contribution in [0.5, 0.6) is 0 Å². The van der Waals surface area contributed by atoms with Crippen molar-refractivity contribution in [1.82, 2.24) is 4.90 Å². The molecule has 0 atom stereocenters. The first-order valence-electron chi connectivity index (χ1n) is 9.34. The Labute approximate surface area is 165 Å². The van der Waals surface area contributed by atoms with E-state index in [2.05, 4.69) is 11.8 Å². The summed E-state index contributed by atoms with van der Waals surface area (Å²) in [7, 11) is -3.67. The molecule has 2 aromatic carbocycles. The fraction of sp³-hybridized carbons (Fsp3) is 0.400. The molecule has 7 nitrogen and oxygen atoms in total. The molecule has 1 aliphatic heterocycles. The SMILES string of the molecule is CCN1CCN(c2ccc(S(=O)(=O)Cc3ccc(C)cc3)cc2[N+](=O)[O-])CC1. The van der Waals surface area contributed by atoms with Crippen LogP contribution in [-0.2, 0) is 15.6 Å². The molecule has 0 aliphatic carbocycles. The number of nitro groups is 1. The number of nitrogens with zero attached hydrogens (tertiary/aromatic N) is 3. The van der Waals surface area contributed by atoms with Crippen molar-refractivity contribution in [1.29, 1.82) is 0 Å². The smallest absolute Gasteiger partial charge is 0.293 e. The van der Waals surface area contributed by atoms with Gasteiger partial charge in [-0.1, -0.05) is 36.8 Å². The summed E-state index contributed by atoms with van der Waals surface area (Å²) in [6.07, 6.45) is 0. The van der Waals surface area contributed by atoms with Crippen LogP contribution in [0.1, 0.15) is 18.1 Å². The molecular weight excluding hydrogens is 378 g/mol. The molecule has 3 rings (SSSR count). The zero-order valence-electron chi connectivity index (χ0n) is 16.2. The summed E-state index contributed by atoms with van der Waals surface area (Å²) in [6, 6.07) is 11.5. The van der Waals surface area contributed by atoms with Crippen molar-refractivity contribution in [3.63, 3.8) is 0 Å². The average Bonchev–Trinajstić information content (AvgIpc) is 2.69. The number of hydrogen-bond acceptors (Lipinski definition) is 6. The van der Waals surface area contributed by atoms with Crippen LogP contribution >= 0.6 is 0 Å². The third kappa shape index (κ3) is 4.51. The Morgan fingerprint density at radius 3 is 2.25 bits per heavy atom. The van der Waals surface area contributed by atoms with Gasteiger partial charge in [0.2, 0.25) is 0 Å². The van der Waals surface area contributed by atoms with Gasteiger partial charge in [0.15, 0.2) is 9.84 Å². The molecular formula is C20H25N3O4S. The molecule has 0 radical (unpaired) electrons. The zero-order valence-corrected chi connectivity index (χ0v) is 17.0. The normalized spacial score (nSPS) is 15.6. The topological polar surface area (TPSA) is 83.8 Å². The fourth-order valence-electron chi connectivity index (χ4n) is 3.40. The lowest BCUT2D eigenvalue weighted by Gasteiger charge is -2.35. The maximum Gasteiger partial charge on any atom is 0.293 e. The standard InChI is InChI=1S/C20H25N3O4S/c1-3-21-10-12-22(13-11-21)19-9-8-18(14-20(19)23(24)25)28(26,27)15-17-6-4-16(2)5-7-17/h4-9,14H,3,10-13,15H2,1-2H3. The summed E-state index contributed by atoms with van der Waals surface area (Å²) in [4.78, 5) is 15.4. The van der Waals surface area contributed by atoms with Crippen molar-refractivity contribution in [2.75, 3.05) is 37.6 Å².